The minimum Gasteiger partial charge on any atom is -0.506 e. The molecule has 21 heteroatoms. The average molecular weight is 843 g/mol. The van der Waals surface area contributed by atoms with Crippen molar-refractivity contribution in [1.29, 1.82) is 0 Å². The number of fused-ring (bicyclic) bond motifs is 2. The van der Waals surface area contributed by atoms with Crippen LogP contribution in [0, 0.1) is 0 Å². The molecule has 0 heterocycles. The third-order valence-electron chi connectivity index (χ3n) is 7.38. The van der Waals surface area contributed by atoms with E-state index in [1.165, 1.54) is 43.5 Å². The largest absolute Gasteiger partial charge is 0.506 e. The summed E-state index contributed by atoms with van der Waals surface area (Å²) < 4.78 is 48.2. The number of anilines is 2. The van der Waals surface area contributed by atoms with Gasteiger partial charge in [-0.1, -0.05) is 34.3 Å². The molecular formula is C33H25CuN5O12S3. The molecule has 0 aliphatic heterocycles. The van der Waals surface area contributed by atoms with E-state index in [2.05, 4.69) is 44.5 Å². The summed E-state index contributed by atoms with van der Waals surface area (Å²) in [6.07, 6.45) is 0. The number of aromatic hydroxyl groups is 2. The summed E-state index contributed by atoms with van der Waals surface area (Å²) in [4.78, 5) is -0.0337. The molecule has 0 spiro atoms. The minimum absolute atomic E-state index is 0. The van der Waals surface area contributed by atoms with Crippen molar-refractivity contribution in [2.75, 3.05) is 12.4 Å². The molecule has 0 saturated carbocycles. The molecule has 6 rings (SSSR count). The normalized spacial score (nSPS) is 11.8. The molecule has 0 aliphatic carbocycles. The molecule has 0 fully saturated rings. The fourth-order valence-corrected chi connectivity index (χ4v) is 6.85. The van der Waals surface area contributed by atoms with E-state index in [1.807, 2.05) is 30.3 Å². The molecule has 17 nitrogen and oxygen atoms in total. The number of nitrogens with one attached hydrogen (secondary N) is 1. The molecule has 6 N–H and O–H groups in total. The van der Waals surface area contributed by atoms with E-state index >= 15 is 0 Å². The van der Waals surface area contributed by atoms with Gasteiger partial charge in [0.1, 0.15) is 33.5 Å². The van der Waals surface area contributed by atoms with Crippen LogP contribution in [0.1, 0.15) is 0 Å². The van der Waals surface area contributed by atoms with Gasteiger partial charge in [-0.2, -0.15) is 13.5 Å². The molecule has 1 radical (unpaired) electrons. The molecule has 0 atom stereocenters. The monoisotopic (exact) mass is 842 g/mol. The molecule has 6 aromatic carbocycles. The van der Waals surface area contributed by atoms with Gasteiger partial charge < -0.3 is 20.3 Å². The Morgan fingerprint density at radius 3 is 2.13 bits per heavy atom. The zero-order chi connectivity index (χ0) is 37.5. The van der Waals surface area contributed by atoms with Crippen LogP contribution in [-0.4, -0.2) is 40.8 Å². The van der Waals surface area contributed by atoms with Crippen molar-refractivity contribution in [1.82, 2.24) is 0 Å². The third-order valence-corrected chi connectivity index (χ3v) is 9.46. The maximum absolute atomic E-state index is 12.0. The molecule has 0 bridgehead atoms. The quantitative estimate of drug-likeness (QED) is 0.0149. The van der Waals surface area contributed by atoms with Crippen molar-refractivity contribution >= 4 is 89.9 Å². The van der Waals surface area contributed by atoms with Gasteiger partial charge in [-0.05, 0) is 71.4 Å². The van der Waals surface area contributed by atoms with Gasteiger partial charge in [-0.3, -0.25) is 4.55 Å². The number of para-hydroxylation sites is 1. The predicted molar refractivity (Wildman–Crippen MR) is 193 cm³/mol. The summed E-state index contributed by atoms with van der Waals surface area (Å²) >= 11 is 1.06. The van der Waals surface area contributed by atoms with E-state index in [0.29, 0.717) is 40.2 Å². The zero-order valence-electron chi connectivity index (χ0n) is 27.1. The number of phenolic OH excluding ortho intramolecular Hbond substituents is 2. The number of ether oxygens (including phenoxy) is 1. The molecule has 0 unspecified atom stereocenters. The van der Waals surface area contributed by atoms with Crippen LogP contribution in [0.5, 0.6) is 17.2 Å². The summed E-state index contributed by atoms with van der Waals surface area (Å²) in [5, 5.41) is 68.1. The fraction of sp³-hybridized carbons (Fsp3) is 0.0303. The maximum Gasteiger partial charge on any atom is 0.295 e. The summed E-state index contributed by atoms with van der Waals surface area (Å²) in [5.41, 5.74) is 1.80. The second kappa shape index (κ2) is 18.0. The second-order valence-electron chi connectivity index (χ2n) is 10.7. The number of nitrogens with zero attached hydrogens (tertiary/aromatic N) is 4. The fourth-order valence-electron chi connectivity index (χ4n) is 5.09. The van der Waals surface area contributed by atoms with Gasteiger partial charge in [0.15, 0.2) is 5.75 Å². The van der Waals surface area contributed by atoms with E-state index in [4.69, 9.17) is 15.3 Å². The number of benzene rings is 6. The minimum atomic E-state index is -4.64. The number of hydrogen-bond acceptors (Lipinski definition) is 18. The summed E-state index contributed by atoms with van der Waals surface area (Å²) in [7, 11) is -3.29. The first-order valence-corrected chi connectivity index (χ1v) is 17.7. The number of azo groups is 2. The topological polar surface area (TPSA) is 243 Å². The molecular weight excluding hydrogens is 818 g/mol. The maximum atomic E-state index is 12.0. The van der Waals surface area contributed by atoms with Crippen molar-refractivity contribution in [2.45, 2.75) is 14.7 Å². The van der Waals surface area contributed by atoms with Crippen LogP contribution < -0.4 is 10.1 Å². The van der Waals surface area contributed by atoms with Gasteiger partial charge in [0, 0.05) is 56.2 Å². The van der Waals surface area contributed by atoms with Gasteiger partial charge in [0.05, 0.1) is 41.8 Å². The van der Waals surface area contributed by atoms with Gasteiger partial charge in [-0.25, -0.2) is 10.5 Å². The second-order valence-corrected chi connectivity index (χ2v) is 13.6. The van der Waals surface area contributed by atoms with E-state index in [-0.39, 0.29) is 72.2 Å². The van der Waals surface area contributed by atoms with E-state index in [0.717, 1.165) is 17.4 Å². The predicted octanol–water partition coefficient (Wildman–Crippen LogP) is 10.1. The first-order chi connectivity index (χ1) is 25.6. The smallest absolute Gasteiger partial charge is 0.295 e. The summed E-state index contributed by atoms with van der Waals surface area (Å²) in [6, 6.07) is 25.9. The number of rotatable bonds is 14. The van der Waals surface area contributed by atoms with Crippen molar-refractivity contribution in [3.63, 3.8) is 0 Å². The molecule has 0 aliphatic rings. The Balaban J connectivity index is 0.00000561. The van der Waals surface area contributed by atoms with Crippen molar-refractivity contribution in [3.8, 4) is 17.2 Å². The summed E-state index contributed by atoms with van der Waals surface area (Å²) in [5.74, 6) is -0.520. The van der Waals surface area contributed by atoms with Crippen LogP contribution in [-0.2, 0) is 45.9 Å². The van der Waals surface area contributed by atoms with Gasteiger partial charge in [0.2, 0.25) is 0 Å². The Morgan fingerprint density at radius 1 is 0.704 bits per heavy atom. The van der Waals surface area contributed by atoms with Crippen LogP contribution in [0.2, 0.25) is 0 Å². The average Bonchev–Trinajstić information content (AvgIpc) is 3.15. The summed E-state index contributed by atoms with van der Waals surface area (Å²) in [6.45, 7) is 0. The SMILES string of the molecule is COc1cc(N=Nc2c(SOOO)cc3cc(Nc4ccccc4)ccc3c2O)c(O)cc1N=Nc1ccc2c(S(=O)(=O)O)cc(SOOO)cc2c1.[Cu]. The van der Waals surface area contributed by atoms with Crippen molar-refractivity contribution < 1.29 is 74.2 Å². The molecule has 0 aromatic heterocycles. The van der Waals surface area contributed by atoms with Crippen LogP contribution in [0.15, 0.2) is 132 Å². The van der Waals surface area contributed by atoms with Gasteiger partial charge >= 0.3 is 0 Å². The van der Waals surface area contributed by atoms with Crippen LogP contribution in [0.25, 0.3) is 21.5 Å². The standard InChI is InChI=1S/C33H25N5O12S3.Cu/c1-46-29-17-26(28(39)16-27(29)37-35-22-8-9-24-18(12-22)13-23(51-49-47-41)15-31(24)53(43,44)45)36-38-32-30(52-50-48-42)14-19-11-21(7-10-25(19)33(32)40)34-20-5-3-2-4-6-20;/h2-17,34,39-42H,1H3,(H,43,44,45);. The Hall–Kier alpha value is -4.87. The van der Waals surface area contributed by atoms with Gasteiger partial charge in [0.25, 0.3) is 10.1 Å². The van der Waals surface area contributed by atoms with E-state index in [1.54, 1.807) is 24.3 Å². The number of methoxy groups -OCH3 is 1. The first kappa shape index (κ1) is 40.3. The zero-order valence-corrected chi connectivity index (χ0v) is 30.5. The Kier molecular flexibility index (Phi) is 13.4. The molecule has 283 valence electrons. The molecule has 54 heavy (non-hydrogen) atoms. The number of phenols is 2. The Bertz CT molecular complexity index is 2480. The Morgan fingerprint density at radius 2 is 1.41 bits per heavy atom. The molecule has 0 amide bonds. The van der Waals surface area contributed by atoms with E-state index < -0.39 is 15.0 Å². The molecule has 0 saturated heterocycles. The van der Waals surface area contributed by atoms with Crippen molar-refractivity contribution in [2.24, 2.45) is 20.5 Å². The molecule has 6 aromatic rings. The van der Waals surface area contributed by atoms with Gasteiger partial charge in [-0.15, -0.1) is 24.0 Å². The van der Waals surface area contributed by atoms with Crippen LogP contribution in [0.4, 0.5) is 34.1 Å². The van der Waals surface area contributed by atoms with Crippen LogP contribution in [0.3, 0.4) is 0 Å². The first-order valence-electron chi connectivity index (χ1n) is 14.8. The van der Waals surface area contributed by atoms with E-state index in [9.17, 15) is 23.2 Å². The third kappa shape index (κ3) is 9.43. The number of hydrogen-bond donors (Lipinski definition) is 6. The van der Waals surface area contributed by atoms with Crippen LogP contribution >= 0.6 is 24.1 Å². The Labute approximate surface area is 324 Å². The van der Waals surface area contributed by atoms with Crippen molar-refractivity contribution in [3.05, 3.63) is 97.1 Å².